The van der Waals surface area contributed by atoms with Crippen LogP contribution in [-0.2, 0) is 44.8 Å². The number of fused-ring (bicyclic) bond motifs is 2. The summed E-state index contributed by atoms with van der Waals surface area (Å²) in [7, 11) is 0. The van der Waals surface area contributed by atoms with E-state index in [9.17, 15) is 54.3 Å². The first kappa shape index (κ1) is 36.8. The van der Waals surface area contributed by atoms with Crippen molar-refractivity contribution in [1.82, 2.24) is 0 Å². The average molecular weight is 734 g/mol. The molecule has 0 spiro atoms. The number of hydrogen-bond acceptors (Lipinski definition) is 6. The first-order chi connectivity index (χ1) is 16.7. The van der Waals surface area contributed by atoms with Crippen LogP contribution in [0.15, 0.2) is 0 Å². The number of carbonyl (C=O) groups is 4. The van der Waals surface area contributed by atoms with Crippen molar-refractivity contribution in [1.29, 1.82) is 10.5 Å². The van der Waals surface area contributed by atoms with Crippen molar-refractivity contribution in [2.45, 2.75) is 13.8 Å². The molecule has 2 heterocycles. The van der Waals surface area contributed by atoms with Crippen molar-refractivity contribution >= 4 is 23.6 Å². The summed E-state index contributed by atoms with van der Waals surface area (Å²) >= 11 is 0. The Hall–Kier alpha value is -3.38. The molecule has 0 aliphatic carbocycles. The zero-order chi connectivity index (χ0) is 28.1. The maximum atomic E-state index is 13.0. The van der Waals surface area contributed by atoms with Gasteiger partial charge in [-0.3, -0.25) is 0 Å². The van der Waals surface area contributed by atoms with Gasteiger partial charge in [0.15, 0.2) is 46.5 Å². The molecule has 0 saturated heterocycles. The summed E-state index contributed by atoms with van der Waals surface area (Å²) in [6, 6.07) is 3.50. The molecule has 2 aliphatic heterocycles. The molecule has 2 aromatic rings. The molecular weight excluding hydrogens is 728 g/mol. The van der Waals surface area contributed by atoms with Crippen LogP contribution in [-0.4, -0.2) is 23.6 Å². The van der Waals surface area contributed by atoms with Gasteiger partial charge < -0.3 is 29.8 Å². The van der Waals surface area contributed by atoms with Crippen molar-refractivity contribution in [2.75, 3.05) is 0 Å². The fourth-order valence-corrected chi connectivity index (χ4v) is 2.47. The van der Waals surface area contributed by atoms with Gasteiger partial charge in [0.05, 0.1) is 58.0 Å². The van der Waals surface area contributed by atoms with Gasteiger partial charge in [-0.15, -0.1) is 0 Å². The summed E-state index contributed by atoms with van der Waals surface area (Å²) in [5, 5.41) is 20.0. The smallest absolute Gasteiger partial charge is 0.587 e. The molecule has 0 N–H and O–H groups in total. The second-order valence-electron chi connectivity index (χ2n) is 5.90. The third kappa shape index (κ3) is 6.93. The van der Waals surface area contributed by atoms with Crippen LogP contribution in [0.4, 0.5) is 35.1 Å². The van der Waals surface area contributed by atoms with E-state index < -0.39 is 92.4 Å². The van der Waals surface area contributed by atoms with E-state index in [-0.39, 0.29) is 44.8 Å². The molecular formula is C20H6Ag2F8N4O4. The molecule has 0 atom stereocenters. The Kier molecular flexibility index (Phi) is 14.6. The quantitative estimate of drug-likeness (QED) is 0.124. The van der Waals surface area contributed by atoms with Crippen LogP contribution in [0.2, 0.25) is 0 Å². The van der Waals surface area contributed by atoms with E-state index in [4.69, 9.17) is 10.5 Å². The van der Waals surface area contributed by atoms with Crippen molar-refractivity contribution in [3.05, 3.63) is 79.4 Å². The van der Waals surface area contributed by atoms with Crippen LogP contribution in [0.5, 0.6) is 0 Å². The zero-order valence-corrected chi connectivity index (χ0v) is 21.0. The second-order valence-corrected chi connectivity index (χ2v) is 5.90. The number of nitriles is 2. The van der Waals surface area contributed by atoms with Crippen molar-refractivity contribution < 1.29 is 99.1 Å². The van der Waals surface area contributed by atoms with Gasteiger partial charge in [0, 0.05) is 13.8 Å². The third-order valence-electron chi connectivity index (χ3n) is 3.80. The van der Waals surface area contributed by atoms with Gasteiger partial charge >= 0.3 is 44.8 Å². The molecule has 2 aliphatic rings. The summed E-state index contributed by atoms with van der Waals surface area (Å²) in [5.74, 6) is -21.8. The number of amides is 4. The van der Waals surface area contributed by atoms with Crippen molar-refractivity contribution in [3.8, 4) is 12.1 Å². The number of carbonyl (C=O) groups excluding carboxylic acids is 4. The number of halogens is 8. The van der Waals surface area contributed by atoms with Gasteiger partial charge in [-0.1, -0.05) is 0 Å². The van der Waals surface area contributed by atoms with Crippen LogP contribution in [0.1, 0.15) is 55.3 Å². The van der Waals surface area contributed by atoms with Crippen LogP contribution < -0.4 is 0 Å². The van der Waals surface area contributed by atoms with E-state index in [1.165, 1.54) is 13.8 Å². The summed E-state index contributed by atoms with van der Waals surface area (Å²) in [6.07, 6.45) is 0. The maximum Gasteiger partial charge on any atom is 1.00 e. The first-order valence-corrected chi connectivity index (χ1v) is 8.67. The Morgan fingerprint density at radius 1 is 0.447 bits per heavy atom. The minimum atomic E-state index is -2.13. The SMILES string of the molecule is CC#N.CC#N.O=C1[N-]C(=O)c2c(F)c(F)c(F)c(F)c21.O=C1[N-]C(=O)c2c(F)c(F)c(F)c(F)c21.[Ag+].[Ag+]. The molecule has 0 fully saturated rings. The predicted molar refractivity (Wildman–Crippen MR) is 99.2 cm³/mol. The molecule has 8 nitrogen and oxygen atoms in total. The van der Waals surface area contributed by atoms with Gasteiger partial charge in [0.25, 0.3) is 0 Å². The largest absolute Gasteiger partial charge is 1.00 e. The Bertz CT molecular complexity index is 1210. The zero-order valence-electron chi connectivity index (χ0n) is 18.0. The monoisotopic (exact) mass is 732 g/mol. The van der Waals surface area contributed by atoms with Crippen LogP contribution >= 0.6 is 0 Å². The van der Waals surface area contributed by atoms with Crippen LogP contribution in [0.25, 0.3) is 10.6 Å². The summed E-state index contributed by atoms with van der Waals surface area (Å²) in [4.78, 5) is 43.3. The van der Waals surface area contributed by atoms with Crippen molar-refractivity contribution in [3.63, 3.8) is 0 Å². The Balaban J connectivity index is 0. The first-order valence-electron chi connectivity index (χ1n) is 8.67. The number of rotatable bonds is 0. The van der Waals surface area contributed by atoms with Gasteiger partial charge in [-0.25, -0.2) is 35.1 Å². The standard InChI is InChI=1S/2C8HF4NO2.2C2H3N.2Ag/c2*9-3-1-2(8(15)13-7(1)14)4(10)6(12)5(3)11;2*1-2-3;;/h2*(H,13,14,15);2*1H3;;/q;;;;2*+1/p-2. The summed E-state index contributed by atoms with van der Waals surface area (Å²) < 4.78 is 102. The van der Waals surface area contributed by atoms with Gasteiger partial charge in [0.1, 0.15) is 0 Å². The molecule has 0 saturated carbocycles. The van der Waals surface area contributed by atoms with E-state index in [1.54, 1.807) is 12.1 Å². The third-order valence-corrected chi connectivity index (χ3v) is 3.80. The van der Waals surface area contributed by atoms with Crippen LogP contribution in [0, 0.1) is 69.2 Å². The Morgan fingerprint density at radius 2 is 0.579 bits per heavy atom. The molecule has 208 valence electrons. The van der Waals surface area contributed by atoms with E-state index >= 15 is 0 Å². The summed E-state index contributed by atoms with van der Waals surface area (Å²) in [6.45, 7) is 2.86. The topological polar surface area (TPSA) is 144 Å². The molecule has 38 heavy (non-hydrogen) atoms. The van der Waals surface area contributed by atoms with Crippen LogP contribution in [0.3, 0.4) is 0 Å². The predicted octanol–water partition coefficient (Wildman–Crippen LogP) is 4.88. The number of nitrogens with zero attached hydrogens (tertiary/aromatic N) is 4. The van der Waals surface area contributed by atoms with E-state index in [2.05, 4.69) is 10.6 Å². The minimum absolute atomic E-state index is 0. The normalized spacial score (nSPS) is 11.6. The number of imide groups is 2. The fourth-order valence-electron chi connectivity index (χ4n) is 2.47. The molecule has 0 aromatic heterocycles. The number of hydrogen-bond donors (Lipinski definition) is 0. The molecule has 0 unspecified atom stereocenters. The molecule has 4 rings (SSSR count). The second kappa shape index (κ2) is 15.1. The molecule has 0 radical (unpaired) electrons. The maximum absolute atomic E-state index is 13.0. The summed E-state index contributed by atoms with van der Waals surface area (Å²) in [5.41, 5.74) is -4.62. The Labute approximate surface area is 238 Å². The van der Waals surface area contributed by atoms with E-state index in [0.717, 1.165) is 0 Å². The van der Waals surface area contributed by atoms with Gasteiger partial charge in [-0.2, -0.15) is 10.5 Å². The molecule has 2 aromatic carbocycles. The Morgan fingerprint density at radius 3 is 0.711 bits per heavy atom. The number of benzene rings is 2. The van der Waals surface area contributed by atoms with Gasteiger partial charge in [0.2, 0.25) is 0 Å². The molecule has 18 heteroatoms. The fraction of sp³-hybridized carbons (Fsp3) is 0.100. The molecule has 0 bridgehead atoms. The minimum Gasteiger partial charge on any atom is -0.587 e. The van der Waals surface area contributed by atoms with Gasteiger partial charge in [-0.05, 0) is 0 Å². The average Bonchev–Trinajstić information content (AvgIpc) is 3.28. The van der Waals surface area contributed by atoms with E-state index in [0.29, 0.717) is 0 Å². The van der Waals surface area contributed by atoms with E-state index in [1.807, 2.05) is 0 Å². The molecule has 4 amide bonds. The van der Waals surface area contributed by atoms with Crippen molar-refractivity contribution in [2.24, 2.45) is 0 Å².